The molecular formula is C14H20N2. The Morgan fingerprint density at radius 1 is 1.25 bits per heavy atom. The van der Waals surface area contributed by atoms with Gasteiger partial charge in [0, 0.05) is 12.6 Å². The van der Waals surface area contributed by atoms with E-state index in [0.717, 1.165) is 12.5 Å². The average molecular weight is 216 g/mol. The zero-order valence-corrected chi connectivity index (χ0v) is 9.73. The lowest BCUT2D eigenvalue weighted by molar-refractivity contribution is 0.236. The second kappa shape index (κ2) is 4.19. The van der Waals surface area contributed by atoms with Crippen molar-refractivity contribution < 1.29 is 0 Å². The molecule has 2 nitrogen and oxygen atoms in total. The highest BCUT2D eigenvalue weighted by Gasteiger charge is 2.32. The molecule has 1 saturated heterocycles. The molecule has 86 valence electrons. The number of rotatable bonds is 2. The second-order valence-corrected chi connectivity index (χ2v) is 5.14. The topological polar surface area (TPSA) is 29.3 Å². The Kier molecular flexibility index (Phi) is 2.70. The van der Waals surface area contributed by atoms with Crippen LogP contribution in [0.2, 0.25) is 0 Å². The highest BCUT2D eigenvalue weighted by atomic mass is 15.2. The van der Waals surface area contributed by atoms with E-state index in [-0.39, 0.29) is 0 Å². The molecule has 0 bridgehead atoms. The molecule has 1 aliphatic heterocycles. The van der Waals surface area contributed by atoms with Crippen LogP contribution in [0, 0.1) is 5.92 Å². The number of hydrogen-bond acceptors (Lipinski definition) is 2. The third-order valence-electron chi connectivity index (χ3n) is 4.19. The summed E-state index contributed by atoms with van der Waals surface area (Å²) < 4.78 is 0. The number of fused-ring (bicyclic) bond motifs is 1. The second-order valence-electron chi connectivity index (χ2n) is 5.14. The molecule has 3 rings (SSSR count). The lowest BCUT2D eigenvalue weighted by Gasteiger charge is -2.24. The molecule has 1 fully saturated rings. The van der Waals surface area contributed by atoms with Crippen LogP contribution in [0.25, 0.3) is 0 Å². The molecule has 0 amide bonds. The maximum atomic E-state index is 5.76. The molecule has 1 aromatic carbocycles. The number of hydrogen-bond donors (Lipinski definition) is 1. The summed E-state index contributed by atoms with van der Waals surface area (Å²) in [4.78, 5) is 2.64. The van der Waals surface area contributed by atoms with Gasteiger partial charge < -0.3 is 5.73 Å². The van der Waals surface area contributed by atoms with Crippen molar-refractivity contribution in [2.75, 3.05) is 19.6 Å². The molecular weight excluding hydrogens is 196 g/mol. The maximum Gasteiger partial charge on any atom is 0.0354 e. The highest BCUT2D eigenvalue weighted by molar-refractivity contribution is 5.34. The van der Waals surface area contributed by atoms with E-state index in [9.17, 15) is 0 Å². The van der Waals surface area contributed by atoms with Crippen LogP contribution in [0.1, 0.15) is 30.0 Å². The summed E-state index contributed by atoms with van der Waals surface area (Å²) in [6.07, 6.45) is 3.84. The van der Waals surface area contributed by atoms with Gasteiger partial charge in [-0.05, 0) is 49.4 Å². The zero-order valence-electron chi connectivity index (χ0n) is 9.73. The molecule has 16 heavy (non-hydrogen) atoms. The third kappa shape index (κ3) is 1.66. The Balaban J connectivity index is 1.78. The monoisotopic (exact) mass is 216 g/mol. The Hall–Kier alpha value is -0.860. The van der Waals surface area contributed by atoms with Crippen molar-refractivity contribution in [3.8, 4) is 0 Å². The lowest BCUT2D eigenvalue weighted by atomic mass is 10.1. The van der Waals surface area contributed by atoms with Crippen molar-refractivity contribution in [2.24, 2.45) is 11.7 Å². The van der Waals surface area contributed by atoms with Gasteiger partial charge in [-0.25, -0.2) is 0 Å². The molecule has 1 aliphatic carbocycles. The first-order valence-electron chi connectivity index (χ1n) is 6.40. The standard InChI is InChI=1S/C14H20N2/c15-9-11-7-8-16(10-11)14-6-5-12-3-1-2-4-13(12)14/h1-4,11,14H,5-10,15H2. The first-order valence-corrected chi connectivity index (χ1v) is 6.40. The summed E-state index contributed by atoms with van der Waals surface area (Å²) in [5, 5.41) is 0. The van der Waals surface area contributed by atoms with Gasteiger partial charge in [0.1, 0.15) is 0 Å². The van der Waals surface area contributed by atoms with Gasteiger partial charge in [0.15, 0.2) is 0 Å². The minimum atomic E-state index is 0.674. The average Bonchev–Trinajstić information content (AvgIpc) is 2.94. The summed E-state index contributed by atoms with van der Waals surface area (Å²) in [6.45, 7) is 3.29. The molecule has 0 spiro atoms. The number of nitrogens with zero attached hydrogens (tertiary/aromatic N) is 1. The summed E-state index contributed by atoms with van der Waals surface area (Å²) in [5.41, 5.74) is 8.89. The zero-order chi connectivity index (χ0) is 11.0. The highest BCUT2D eigenvalue weighted by Crippen LogP contribution is 2.37. The summed E-state index contributed by atoms with van der Waals surface area (Å²) in [5.74, 6) is 0.729. The van der Waals surface area contributed by atoms with Crippen molar-refractivity contribution in [1.82, 2.24) is 4.90 Å². The van der Waals surface area contributed by atoms with Crippen molar-refractivity contribution in [3.63, 3.8) is 0 Å². The van der Waals surface area contributed by atoms with E-state index in [1.165, 1.54) is 32.4 Å². The van der Waals surface area contributed by atoms with Gasteiger partial charge in [0.2, 0.25) is 0 Å². The molecule has 2 aliphatic rings. The van der Waals surface area contributed by atoms with Gasteiger partial charge in [-0.3, -0.25) is 4.90 Å². The molecule has 2 N–H and O–H groups in total. The first kappa shape index (κ1) is 10.3. The maximum absolute atomic E-state index is 5.76. The molecule has 0 aromatic heterocycles. The number of benzene rings is 1. The largest absolute Gasteiger partial charge is 0.330 e. The molecule has 0 saturated carbocycles. The van der Waals surface area contributed by atoms with Crippen molar-refractivity contribution >= 4 is 0 Å². The van der Waals surface area contributed by atoms with E-state index in [1.54, 1.807) is 11.1 Å². The number of likely N-dealkylation sites (tertiary alicyclic amines) is 1. The number of nitrogens with two attached hydrogens (primary N) is 1. The third-order valence-corrected chi connectivity index (χ3v) is 4.19. The van der Waals surface area contributed by atoms with Gasteiger partial charge in [-0.1, -0.05) is 24.3 Å². The first-order chi connectivity index (χ1) is 7.88. The van der Waals surface area contributed by atoms with Crippen LogP contribution in [-0.2, 0) is 6.42 Å². The predicted octanol–water partition coefficient (Wildman–Crippen LogP) is 1.95. The fourth-order valence-electron chi connectivity index (χ4n) is 3.25. The normalized spacial score (nSPS) is 29.6. The number of aryl methyl sites for hydroxylation is 1. The Morgan fingerprint density at radius 2 is 2.12 bits per heavy atom. The molecule has 2 unspecified atom stereocenters. The molecule has 2 heteroatoms. The SMILES string of the molecule is NCC1CCN(C2CCc3ccccc32)C1. The van der Waals surface area contributed by atoms with Crippen LogP contribution in [0.3, 0.4) is 0 Å². The van der Waals surface area contributed by atoms with E-state index in [2.05, 4.69) is 29.2 Å². The molecule has 1 heterocycles. The van der Waals surface area contributed by atoms with E-state index in [0.29, 0.717) is 6.04 Å². The molecule has 0 radical (unpaired) electrons. The van der Waals surface area contributed by atoms with Crippen LogP contribution in [0.4, 0.5) is 0 Å². The van der Waals surface area contributed by atoms with E-state index in [1.807, 2.05) is 0 Å². The van der Waals surface area contributed by atoms with Gasteiger partial charge >= 0.3 is 0 Å². The quantitative estimate of drug-likeness (QED) is 0.819. The summed E-state index contributed by atoms with van der Waals surface area (Å²) in [7, 11) is 0. The molecule has 2 atom stereocenters. The van der Waals surface area contributed by atoms with Crippen LogP contribution in [0.15, 0.2) is 24.3 Å². The van der Waals surface area contributed by atoms with Gasteiger partial charge in [-0.2, -0.15) is 0 Å². The van der Waals surface area contributed by atoms with Crippen LogP contribution < -0.4 is 5.73 Å². The molecule has 1 aromatic rings. The van der Waals surface area contributed by atoms with Crippen LogP contribution >= 0.6 is 0 Å². The predicted molar refractivity (Wildman–Crippen MR) is 66.2 cm³/mol. The van der Waals surface area contributed by atoms with Crippen LogP contribution in [-0.4, -0.2) is 24.5 Å². The van der Waals surface area contributed by atoms with Crippen LogP contribution in [0.5, 0.6) is 0 Å². The summed E-state index contributed by atoms with van der Waals surface area (Å²) in [6, 6.07) is 9.60. The fourth-order valence-corrected chi connectivity index (χ4v) is 3.25. The lowest BCUT2D eigenvalue weighted by Crippen LogP contribution is -2.26. The van der Waals surface area contributed by atoms with Gasteiger partial charge in [-0.15, -0.1) is 0 Å². The van der Waals surface area contributed by atoms with Crippen molar-refractivity contribution in [1.29, 1.82) is 0 Å². The van der Waals surface area contributed by atoms with E-state index in [4.69, 9.17) is 5.73 Å². The Bertz CT molecular complexity index is 375. The minimum Gasteiger partial charge on any atom is -0.330 e. The van der Waals surface area contributed by atoms with Gasteiger partial charge in [0.25, 0.3) is 0 Å². The Labute approximate surface area is 97.4 Å². The smallest absolute Gasteiger partial charge is 0.0354 e. The van der Waals surface area contributed by atoms with Crippen molar-refractivity contribution in [2.45, 2.75) is 25.3 Å². The van der Waals surface area contributed by atoms with Gasteiger partial charge in [0.05, 0.1) is 0 Å². The van der Waals surface area contributed by atoms with E-state index < -0.39 is 0 Å². The fraction of sp³-hybridized carbons (Fsp3) is 0.571. The Morgan fingerprint density at radius 3 is 2.94 bits per heavy atom. The summed E-state index contributed by atoms with van der Waals surface area (Å²) >= 11 is 0. The van der Waals surface area contributed by atoms with Crippen molar-refractivity contribution in [3.05, 3.63) is 35.4 Å². The minimum absolute atomic E-state index is 0.674. The van der Waals surface area contributed by atoms with E-state index >= 15 is 0 Å².